The van der Waals surface area contributed by atoms with E-state index in [0.29, 0.717) is 16.9 Å². The summed E-state index contributed by atoms with van der Waals surface area (Å²) >= 11 is 2.05. The van der Waals surface area contributed by atoms with Gasteiger partial charge in [-0.2, -0.15) is 5.26 Å². The van der Waals surface area contributed by atoms with E-state index in [1.165, 1.54) is 7.11 Å². The van der Waals surface area contributed by atoms with Crippen molar-refractivity contribution in [2.24, 2.45) is 0 Å². The Morgan fingerprint density at radius 2 is 2.31 bits per heavy atom. The van der Waals surface area contributed by atoms with Crippen molar-refractivity contribution in [2.45, 2.75) is 6.61 Å². The third-order valence-electron chi connectivity index (χ3n) is 1.71. The normalized spacial score (nSPS) is 9.38. The van der Waals surface area contributed by atoms with E-state index >= 15 is 0 Å². The number of aliphatic hydroxyl groups is 1. The van der Waals surface area contributed by atoms with Crippen LogP contribution in [0.5, 0.6) is 5.75 Å². The van der Waals surface area contributed by atoms with Crippen LogP contribution in [0.1, 0.15) is 11.1 Å². The van der Waals surface area contributed by atoms with Crippen molar-refractivity contribution in [2.75, 3.05) is 7.11 Å². The smallest absolute Gasteiger partial charge is 0.125 e. The first-order valence-corrected chi connectivity index (χ1v) is 4.68. The largest absolute Gasteiger partial charge is 0.496 e. The number of methoxy groups -OCH3 is 1. The molecule has 1 rings (SSSR count). The lowest BCUT2D eigenvalue weighted by atomic mass is 10.1. The molecule has 0 heterocycles. The number of hydrogen-bond donors (Lipinski definition) is 1. The maximum atomic E-state index is 9.05. The van der Waals surface area contributed by atoms with Gasteiger partial charge in [-0.1, -0.05) is 0 Å². The molecule has 3 nitrogen and oxygen atoms in total. The Hall–Kier alpha value is -0.800. The van der Waals surface area contributed by atoms with Crippen LogP contribution in [-0.2, 0) is 6.61 Å². The lowest BCUT2D eigenvalue weighted by Crippen LogP contribution is -1.97. The maximum Gasteiger partial charge on any atom is 0.125 e. The summed E-state index contributed by atoms with van der Waals surface area (Å²) in [5.74, 6) is 0.555. The molecule has 0 radical (unpaired) electrons. The van der Waals surface area contributed by atoms with Crippen molar-refractivity contribution in [1.29, 1.82) is 5.26 Å². The van der Waals surface area contributed by atoms with E-state index in [-0.39, 0.29) is 6.61 Å². The predicted molar refractivity (Wildman–Crippen MR) is 56.3 cm³/mol. The van der Waals surface area contributed by atoms with Crippen LogP contribution in [0, 0.1) is 14.9 Å². The highest BCUT2D eigenvalue weighted by Gasteiger charge is 2.10. The first-order valence-electron chi connectivity index (χ1n) is 3.61. The number of rotatable bonds is 2. The van der Waals surface area contributed by atoms with E-state index < -0.39 is 0 Å². The summed E-state index contributed by atoms with van der Waals surface area (Å²) < 4.78 is 5.84. The monoisotopic (exact) mass is 289 g/mol. The van der Waals surface area contributed by atoms with Gasteiger partial charge in [0.2, 0.25) is 0 Å². The lowest BCUT2D eigenvalue weighted by Gasteiger charge is -2.08. The number of ether oxygens (including phenoxy) is 1. The summed E-state index contributed by atoms with van der Waals surface area (Å²) in [6, 6.07) is 5.58. The van der Waals surface area contributed by atoms with Crippen LogP contribution in [0.2, 0.25) is 0 Å². The van der Waals surface area contributed by atoms with E-state index in [9.17, 15) is 0 Å². The van der Waals surface area contributed by atoms with Crippen molar-refractivity contribution in [3.05, 3.63) is 26.8 Å². The number of halogens is 1. The summed E-state index contributed by atoms with van der Waals surface area (Å²) in [6.07, 6.45) is 0. The van der Waals surface area contributed by atoms with Gasteiger partial charge in [-0.25, -0.2) is 0 Å². The topological polar surface area (TPSA) is 53.2 Å². The Labute approximate surface area is 90.1 Å². The molecule has 68 valence electrons. The number of hydrogen-bond acceptors (Lipinski definition) is 3. The molecule has 0 fully saturated rings. The Bertz CT molecular complexity index is 357. The zero-order valence-corrected chi connectivity index (χ0v) is 9.20. The molecule has 1 aromatic carbocycles. The lowest BCUT2D eigenvalue weighted by molar-refractivity contribution is 0.273. The van der Waals surface area contributed by atoms with E-state index in [1.807, 2.05) is 6.07 Å². The highest BCUT2D eigenvalue weighted by atomic mass is 127. The third kappa shape index (κ3) is 1.92. The fraction of sp³-hybridized carbons (Fsp3) is 0.222. The standard InChI is InChI=1S/C9H8INO2/c1-13-9-3-2-8(10)6(4-11)7(9)5-12/h2-3,12H,5H2,1H3. The Balaban J connectivity index is 3.38. The quantitative estimate of drug-likeness (QED) is 0.842. The molecule has 4 heteroatoms. The third-order valence-corrected chi connectivity index (χ3v) is 2.61. The van der Waals surface area contributed by atoms with Crippen molar-refractivity contribution in [1.82, 2.24) is 0 Å². The zero-order valence-electron chi connectivity index (χ0n) is 7.04. The average molecular weight is 289 g/mol. The van der Waals surface area contributed by atoms with Crippen molar-refractivity contribution >= 4 is 22.6 Å². The molecule has 1 aromatic rings. The SMILES string of the molecule is COc1ccc(I)c(C#N)c1CO. The number of benzene rings is 1. The second-order valence-corrected chi connectivity index (χ2v) is 3.54. The van der Waals surface area contributed by atoms with Gasteiger partial charge in [0.15, 0.2) is 0 Å². The molecule has 0 aromatic heterocycles. The van der Waals surface area contributed by atoms with Crippen LogP contribution in [0.25, 0.3) is 0 Å². The molecule has 0 bridgehead atoms. The summed E-state index contributed by atoms with van der Waals surface area (Å²) in [7, 11) is 1.52. The molecular weight excluding hydrogens is 281 g/mol. The Morgan fingerprint density at radius 3 is 2.77 bits per heavy atom. The van der Waals surface area contributed by atoms with E-state index in [4.69, 9.17) is 15.1 Å². The van der Waals surface area contributed by atoms with Crippen molar-refractivity contribution in [3.8, 4) is 11.8 Å². The molecule has 0 saturated heterocycles. The van der Waals surface area contributed by atoms with Gasteiger partial charge in [0.05, 0.1) is 19.3 Å². The highest BCUT2D eigenvalue weighted by molar-refractivity contribution is 14.1. The molecule has 0 aliphatic carbocycles. The molecule has 0 unspecified atom stereocenters. The van der Waals surface area contributed by atoms with Gasteiger partial charge >= 0.3 is 0 Å². The van der Waals surface area contributed by atoms with Crippen LogP contribution in [-0.4, -0.2) is 12.2 Å². The molecule has 0 saturated carbocycles. The average Bonchev–Trinajstić information content (AvgIpc) is 2.17. The summed E-state index contributed by atoms with van der Waals surface area (Å²) in [4.78, 5) is 0. The minimum atomic E-state index is -0.178. The molecule has 0 spiro atoms. The van der Waals surface area contributed by atoms with Crippen molar-refractivity contribution in [3.63, 3.8) is 0 Å². The fourth-order valence-electron chi connectivity index (χ4n) is 1.07. The van der Waals surface area contributed by atoms with Gasteiger partial charge in [-0.15, -0.1) is 0 Å². The van der Waals surface area contributed by atoms with Crippen LogP contribution in [0.3, 0.4) is 0 Å². The summed E-state index contributed by atoms with van der Waals surface area (Å²) in [5, 5.41) is 17.9. The Kier molecular flexibility index (Phi) is 3.51. The fourth-order valence-corrected chi connectivity index (χ4v) is 1.70. The Morgan fingerprint density at radius 1 is 1.62 bits per heavy atom. The molecule has 0 aliphatic heterocycles. The first-order chi connectivity index (χ1) is 6.24. The number of nitrogens with zero attached hydrogens (tertiary/aromatic N) is 1. The van der Waals surface area contributed by atoms with Crippen LogP contribution in [0.4, 0.5) is 0 Å². The van der Waals surface area contributed by atoms with Gasteiger partial charge in [0, 0.05) is 9.13 Å². The van der Waals surface area contributed by atoms with Crippen LogP contribution >= 0.6 is 22.6 Å². The van der Waals surface area contributed by atoms with Gasteiger partial charge in [0.25, 0.3) is 0 Å². The van der Waals surface area contributed by atoms with Crippen LogP contribution < -0.4 is 4.74 Å². The summed E-state index contributed by atoms with van der Waals surface area (Å²) in [6.45, 7) is -0.178. The highest BCUT2D eigenvalue weighted by Crippen LogP contribution is 2.25. The molecule has 0 amide bonds. The minimum absolute atomic E-state index is 0.178. The van der Waals surface area contributed by atoms with E-state index in [1.54, 1.807) is 12.1 Å². The predicted octanol–water partition coefficient (Wildman–Crippen LogP) is 1.66. The van der Waals surface area contributed by atoms with Gasteiger partial charge in [-0.3, -0.25) is 0 Å². The number of aliphatic hydroxyl groups excluding tert-OH is 1. The number of nitriles is 1. The molecule has 0 aliphatic rings. The van der Waals surface area contributed by atoms with Gasteiger partial charge in [-0.05, 0) is 34.7 Å². The van der Waals surface area contributed by atoms with E-state index in [0.717, 1.165) is 3.57 Å². The molecular formula is C9H8INO2. The van der Waals surface area contributed by atoms with Crippen molar-refractivity contribution < 1.29 is 9.84 Å². The second-order valence-electron chi connectivity index (χ2n) is 2.37. The van der Waals surface area contributed by atoms with Crippen LogP contribution in [0.15, 0.2) is 12.1 Å². The van der Waals surface area contributed by atoms with Gasteiger partial charge < -0.3 is 9.84 Å². The molecule has 0 atom stereocenters. The van der Waals surface area contributed by atoms with E-state index in [2.05, 4.69) is 22.6 Å². The zero-order chi connectivity index (χ0) is 9.84. The molecule has 1 N–H and O–H groups in total. The van der Waals surface area contributed by atoms with Gasteiger partial charge in [0.1, 0.15) is 11.8 Å². The first kappa shape index (κ1) is 10.3. The second kappa shape index (κ2) is 4.44. The summed E-state index contributed by atoms with van der Waals surface area (Å²) in [5.41, 5.74) is 1.04. The maximum absolute atomic E-state index is 9.05. The molecule has 13 heavy (non-hydrogen) atoms. The minimum Gasteiger partial charge on any atom is -0.496 e.